The molecule has 2 aromatic carbocycles. The summed E-state index contributed by atoms with van der Waals surface area (Å²) in [6.07, 6.45) is 1.61. The van der Waals surface area contributed by atoms with E-state index >= 15 is 0 Å². The van der Waals surface area contributed by atoms with Crippen LogP contribution in [-0.4, -0.2) is 34.6 Å². The first-order valence-electron chi connectivity index (χ1n) is 9.92. The Morgan fingerprint density at radius 1 is 1.10 bits per heavy atom. The third kappa shape index (κ3) is 5.83. The summed E-state index contributed by atoms with van der Waals surface area (Å²) in [6, 6.07) is 16.6. The van der Waals surface area contributed by atoms with E-state index in [9.17, 15) is 9.90 Å². The van der Waals surface area contributed by atoms with Crippen LogP contribution in [0.1, 0.15) is 35.9 Å². The molecule has 3 aromatic rings. The minimum absolute atomic E-state index is 0.267. The summed E-state index contributed by atoms with van der Waals surface area (Å²) in [5.41, 5.74) is 13.5. The van der Waals surface area contributed by atoms with Gasteiger partial charge in [0.25, 0.3) is 0 Å². The number of aromatic nitrogens is 1. The van der Waals surface area contributed by atoms with Gasteiger partial charge in [0.05, 0.1) is 22.3 Å². The molecule has 3 rings (SSSR count). The molecule has 0 aliphatic rings. The van der Waals surface area contributed by atoms with Gasteiger partial charge in [-0.05, 0) is 49.9 Å². The molecule has 29 heavy (non-hydrogen) atoms. The number of carbonyl (C=O) groups excluding carboxylic acids is 1. The van der Waals surface area contributed by atoms with E-state index in [1.807, 2.05) is 54.6 Å². The zero-order chi connectivity index (χ0) is 20.6. The predicted molar refractivity (Wildman–Crippen MR) is 118 cm³/mol. The maximum absolute atomic E-state index is 12.6. The first-order valence-corrected chi connectivity index (χ1v) is 10.7. The Morgan fingerprint density at radius 2 is 1.83 bits per heavy atom. The highest BCUT2D eigenvalue weighted by atomic mass is 32.1. The average molecular weight is 413 g/mol. The highest BCUT2D eigenvalue weighted by molar-refractivity contribution is 7.18. The van der Waals surface area contributed by atoms with E-state index in [1.165, 1.54) is 11.3 Å². The minimum atomic E-state index is -0.901. The van der Waals surface area contributed by atoms with Crippen LogP contribution in [0.2, 0.25) is 0 Å². The molecule has 6 nitrogen and oxygen atoms in total. The quantitative estimate of drug-likeness (QED) is 0.408. The van der Waals surface area contributed by atoms with Crippen LogP contribution in [0.3, 0.4) is 0 Å². The fourth-order valence-electron chi connectivity index (χ4n) is 3.22. The van der Waals surface area contributed by atoms with Crippen molar-refractivity contribution in [2.45, 2.75) is 43.9 Å². The number of amides is 1. The Bertz CT molecular complexity index is 882. The second-order valence-corrected chi connectivity index (χ2v) is 8.20. The lowest BCUT2D eigenvalue weighted by Gasteiger charge is -2.24. The van der Waals surface area contributed by atoms with E-state index in [0.717, 1.165) is 22.2 Å². The van der Waals surface area contributed by atoms with Crippen molar-refractivity contribution in [2.75, 3.05) is 6.54 Å². The molecule has 0 spiro atoms. The minimum Gasteiger partial charge on any atom is -0.384 e. The normalized spacial score (nSPS) is 14.4. The van der Waals surface area contributed by atoms with Crippen LogP contribution in [0.15, 0.2) is 54.6 Å². The van der Waals surface area contributed by atoms with Crippen molar-refractivity contribution in [1.82, 2.24) is 10.3 Å². The summed E-state index contributed by atoms with van der Waals surface area (Å²) in [5.74, 6) is -0.267. The van der Waals surface area contributed by atoms with E-state index in [0.29, 0.717) is 30.8 Å². The van der Waals surface area contributed by atoms with Crippen molar-refractivity contribution in [2.24, 2.45) is 11.5 Å². The van der Waals surface area contributed by atoms with Gasteiger partial charge >= 0.3 is 0 Å². The number of thiazole rings is 1. The number of nitrogens with one attached hydrogen (secondary N) is 1. The molecule has 0 fully saturated rings. The van der Waals surface area contributed by atoms with Crippen LogP contribution < -0.4 is 16.8 Å². The van der Waals surface area contributed by atoms with Crippen LogP contribution >= 0.6 is 11.3 Å². The Hall–Kier alpha value is -2.32. The maximum atomic E-state index is 12.6. The number of carbonyl (C=O) groups is 1. The molecule has 3 atom stereocenters. The number of aryl methyl sites for hydroxylation is 1. The first kappa shape index (κ1) is 21.4. The van der Waals surface area contributed by atoms with Crippen LogP contribution in [0.5, 0.6) is 0 Å². The molecular formula is C22H28N4O2S. The molecule has 1 amide bonds. The van der Waals surface area contributed by atoms with Crippen LogP contribution in [0, 0.1) is 0 Å². The highest BCUT2D eigenvalue weighted by Crippen LogP contribution is 2.29. The molecule has 6 N–H and O–H groups in total. The summed E-state index contributed by atoms with van der Waals surface area (Å²) in [7, 11) is 0. The Kier molecular flexibility index (Phi) is 7.71. The number of benzene rings is 2. The zero-order valence-corrected chi connectivity index (χ0v) is 17.1. The van der Waals surface area contributed by atoms with Gasteiger partial charge in [0.2, 0.25) is 5.91 Å². The molecule has 0 aliphatic heterocycles. The summed E-state index contributed by atoms with van der Waals surface area (Å²) in [6.45, 7) is 0.493. The predicted octanol–water partition coefficient (Wildman–Crippen LogP) is 2.51. The number of hydrogen-bond donors (Lipinski definition) is 4. The molecule has 0 bridgehead atoms. The number of nitrogens with zero attached hydrogens (tertiary/aromatic N) is 1. The molecule has 154 valence electrons. The molecule has 0 radical (unpaired) electrons. The molecule has 1 unspecified atom stereocenters. The van der Waals surface area contributed by atoms with Gasteiger partial charge in [-0.15, -0.1) is 11.3 Å². The fraction of sp³-hybridized carbons (Fsp3) is 0.364. The highest BCUT2D eigenvalue weighted by Gasteiger charge is 2.27. The Morgan fingerprint density at radius 3 is 2.55 bits per heavy atom. The molecule has 7 heteroatoms. The lowest BCUT2D eigenvalue weighted by atomic mass is 10.0. The number of aliphatic hydroxyl groups is 1. The van der Waals surface area contributed by atoms with E-state index in [-0.39, 0.29) is 5.91 Å². The largest absolute Gasteiger partial charge is 0.384 e. The summed E-state index contributed by atoms with van der Waals surface area (Å²) < 4.78 is 1.01. The number of rotatable bonds is 10. The number of para-hydroxylation sites is 1. The van der Waals surface area contributed by atoms with Gasteiger partial charge in [-0.1, -0.05) is 42.5 Å². The van der Waals surface area contributed by atoms with E-state index < -0.39 is 18.2 Å². The summed E-state index contributed by atoms with van der Waals surface area (Å²) in [4.78, 5) is 17.1. The lowest BCUT2D eigenvalue weighted by Crippen LogP contribution is -2.47. The topological polar surface area (TPSA) is 114 Å². The van der Waals surface area contributed by atoms with Crippen LogP contribution in [0.4, 0.5) is 0 Å². The third-order valence-electron chi connectivity index (χ3n) is 4.92. The monoisotopic (exact) mass is 412 g/mol. The molecule has 1 heterocycles. The van der Waals surface area contributed by atoms with Gasteiger partial charge in [0, 0.05) is 0 Å². The molecular weight excluding hydrogens is 384 g/mol. The SMILES string of the molecule is NCCC[C@@H](N)C(=O)N[C@H](CCc1ccccc1)C(O)c1nc2ccccc2s1. The van der Waals surface area contributed by atoms with Gasteiger partial charge in [-0.2, -0.15) is 0 Å². The van der Waals surface area contributed by atoms with Crippen molar-refractivity contribution < 1.29 is 9.90 Å². The second-order valence-electron chi connectivity index (χ2n) is 7.14. The maximum Gasteiger partial charge on any atom is 0.237 e. The summed E-state index contributed by atoms with van der Waals surface area (Å²) >= 11 is 1.44. The van der Waals surface area contributed by atoms with Gasteiger partial charge in [-0.3, -0.25) is 4.79 Å². The molecule has 1 aromatic heterocycles. The molecule has 0 saturated heterocycles. The van der Waals surface area contributed by atoms with E-state index in [1.54, 1.807) is 0 Å². The van der Waals surface area contributed by atoms with Crippen molar-refractivity contribution in [1.29, 1.82) is 0 Å². The third-order valence-corrected chi connectivity index (χ3v) is 6.02. The van der Waals surface area contributed by atoms with Gasteiger partial charge < -0.3 is 21.9 Å². The number of aliphatic hydroxyl groups excluding tert-OH is 1. The average Bonchev–Trinajstić information content (AvgIpc) is 3.19. The molecule has 0 aliphatic carbocycles. The van der Waals surface area contributed by atoms with E-state index in [2.05, 4.69) is 10.3 Å². The first-order chi connectivity index (χ1) is 14.1. The fourth-order valence-corrected chi connectivity index (χ4v) is 4.24. The lowest BCUT2D eigenvalue weighted by molar-refractivity contribution is -0.124. The second kappa shape index (κ2) is 10.5. The van der Waals surface area contributed by atoms with E-state index in [4.69, 9.17) is 11.5 Å². The van der Waals surface area contributed by atoms with Gasteiger partial charge in [0.15, 0.2) is 0 Å². The van der Waals surface area contributed by atoms with Crippen LogP contribution in [-0.2, 0) is 11.2 Å². The standard InChI is InChI=1S/C22H28N4O2S/c23-14-6-9-16(24)21(28)25-18(13-12-15-7-2-1-3-8-15)20(27)22-26-17-10-4-5-11-19(17)29-22/h1-5,7-8,10-11,16,18,20,27H,6,9,12-14,23-24H2,(H,25,28)/t16-,18-,20?/m1/s1. The van der Waals surface area contributed by atoms with Crippen LogP contribution in [0.25, 0.3) is 10.2 Å². The van der Waals surface area contributed by atoms with Crippen molar-refractivity contribution >= 4 is 27.5 Å². The Labute approximate surface area is 175 Å². The number of hydrogen-bond acceptors (Lipinski definition) is 6. The molecule has 0 saturated carbocycles. The van der Waals surface area contributed by atoms with Crippen molar-refractivity contribution in [3.8, 4) is 0 Å². The summed E-state index contributed by atoms with van der Waals surface area (Å²) in [5, 5.41) is 14.6. The smallest absolute Gasteiger partial charge is 0.237 e. The number of nitrogens with two attached hydrogens (primary N) is 2. The van der Waals surface area contributed by atoms with Gasteiger partial charge in [-0.25, -0.2) is 4.98 Å². The Balaban J connectivity index is 1.75. The van der Waals surface area contributed by atoms with Gasteiger partial charge in [0.1, 0.15) is 11.1 Å². The van der Waals surface area contributed by atoms with Crippen molar-refractivity contribution in [3.63, 3.8) is 0 Å². The van der Waals surface area contributed by atoms with Crippen molar-refractivity contribution in [3.05, 3.63) is 65.2 Å². The number of fused-ring (bicyclic) bond motifs is 1. The zero-order valence-electron chi connectivity index (χ0n) is 16.3.